The molecule has 0 bridgehead atoms. The molecule has 10 nitrogen and oxygen atoms in total. The van der Waals surface area contributed by atoms with Crippen LogP contribution in [0.2, 0.25) is 10.0 Å². The fourth-order valence-corrected chi connectivity index (χ4v) is 8.57. The summed E-state index contributed by atoms with van der Waals surface area (Å²) in [6.07, 6.45) is 1.90. The molecule has 1 aliphatic rings. The molecule has 2 heterocycles. The van der Waals surface area contributed by atoms with E-state index in [-0.39, 0.29) is 27.6 Å². The van der Waals surface area contributed by atoms with Crippen LogP contribution in [0.15, 0.2) is 114 Å². The van der Waals surface area contributed by atoms with E-state index >= 15 is 0 Å². The predicted molar refractivity (Wildman–Crippen MR) is 218 cm³/mol. The van der Waals surface area contributed by atoms with Gasteiger partial charge in [-0.3, -0.25) is 19.2 Å². The number of fused-ring (bicyclic) bond motifs is 1. The van der Waals surface area contributed by atoms with Crippen LogP contribution in [0.4, 0.5) is 10.7 Å². The van der Waals surface area contributed by atoms with Crippen molar-refractivity contribution in [2.45, 2.75) is 30.0 Å². The summed E-state index contributed by atoms with van der Waals surface area (Å²) in [5.41, 5.74) is 2.85. The molecule has 0 saturated carbocycles. The van der Waals surface area contributed by atoms with E-state index in [1.54, 1.807) is 71.6 Å². The Morgan fingerprint density at radius 3 is 2.31 bits per heavy atom. The lowest BCUT2D eigenvalue weighted by Crippen LogP contribution is -2.33. The third-order valence-electron chi connectivity index (χ3n) is 8.62. The maximum Gasteiger partial charge on any atom is 0.341 e. The largest absolute Gasteiger partial charge is 0.465 e. The summed E-state index contributed by atoms with van der Waals surface area (Å²) in [5, 5.41) is 8.61. The number of thioether (sulfide) groups is 1. The third-order valence-corrected chi connectivity index (χ3v) is 11.8. The summed E-state index contributed by atoms with van der Waals surface area (Å²) in [6, 6.07) is 29.6. The summed E-state index contributed by atoms with van der Waals surface area (Å²) in [4.78, 5) is 69.4. The first-order valence-corrected chi connectivity index (χ1v) is 19.4. The Bertz CT molecular complexity index is 2300. The number of amides is 4. The zero-order valence-electron chi connectivity index (χ0n) is 29.6. The Balaban J connectivity index is 1.26. The molecule has 5 aromatic rings. The number of thiophene rings is 1. The minimum atomic E-state index is -0.781. The lowest BCUT2D eigenvalue weighted by Gasteiger charge is -2.25. The highest BCUT2D eigenvalue weighted by Crippen LogP contribution is 2.41. The van der Waals surface area contributed by atoms with E-state index < -0.39 is 23.0 Å². The average Bonchev–Trinajstić information content (AvgIpc) is 3.55. The molecule has 0 saturated heterocycles. The van der Waals surface area contributed by atoms with Crippen LogP contribution in [0.25, 0.3) is 6.08 Å². The molecule has 4 amide bonds. The number of nitrogens with zero attached hydrogens (tertiary/aromatic N) is 1. The van der Waals surface area contributed by atoms with Crippen LogP contribution >= 0.6 is 46.3 Å². The Labute approximate surface area is 335 Å². The van der Waals surface area contributed by atoms with Crippen molar-refractivity contribution in [1.29, 1.82) is 0 Å². The molecule has 1 aromatic heterocycles. The standard InChI is InChI=1S/C41H34Cl2N4O6S2/c1-24(48)47-20-19-30-33(23-47)55-40(34(30)41(52)53-2)46-39(51)36(25-11-5-3-6-12-25)54-29-17-10-16-28(22-29)44-38(50)32(21-27-15-9-18-31(42)35(27)43)45-37(49)26-13-7-4-8-14-26/h3-18,21-22,36H,19-20,23H2,1-2H3,(H,44,50)(H,45,49)(H,46,51)/b32-21+. The number of ether oxygens (including phenoxy) is 1. The topological polar surface area (TPSA) is 134 Å². The molecule has 4 aromatic carbocycles. The Morgan fingerprint density at radius 2 is 1.60 bits per heavy atom. The van der Waals surface area contributed by atoms with Crippen LogP contribution in [0.3, 0.4) is 0 Å². The fourth-order valence-electron chi connectivity index (χ4n) is 5.87. The number of anilines is 2. The second kappa shape index (κ2) is 17.8. The number of esters is 1. The number of methoxy groups -OCH3 is 1. The zero-order valence-corrected chi connectivity index (χ0v) is 32.7. The number of benzene rings is 4. The number of hydrogen-bond donors (Lipinski definition) is 3. The van der Waals surface area contributed by atoms with Crippen LogP contribution < -0.4 is 16.0 Å². The SMILES string of the molecule is COC(=O)c1c(NC(=O)C(Sc2cccc(NC(=O)/C(=C\c3cccc(Cl)c3Cl)NC(=O)c3ccccc3)c2)c2ccccc2)sc2c1CCN(C(C)=O)C2. The lowest BCUT2D eigenvalue weighted by atomic mass is 10.0. The van der Waals surface area contributed by atoms with Gasteiger partial charge in [-0.2, -0.15) is 0 Å². The maximum absolute atomic E-state index is 14.2. The van der Waals surface area contributed by atoms with Gasteiger partial charge in [-0.1, -0.05) is 89.9 Å². The first-order valence-electron chi connectivity index (χ1n) is 17.0. The summed E-state index contributed by atoms with van der Waals surface area (Å²) >= 11 is 15.2. The molecule has 55 heavy (non-hydrogen) atoms. The number of halogens is 2. The molecule has 6 rings (SSSR count). The number of nitrogens with one attached hydrogen (secondary N) is 3. The van der Waals surface area contributed by atoms with Crippen LogP contribution in [-0.4, -0.2) is 48.2 Å². The van der Waals surface area contributed by atoms with Crippen molar-refractivity contribution in [3.05, 3.63) is 152 Å². The Morgan fingerprint density at radius 1 is 0.891 bits per heavy atom. The molecule has 0 spiro atoms. The molecule has 14 heteroatoms. The zero-order chi connectivity index (χ0) is 39.1. The normalized spacial score (nSPS) is 12.9. The van der Waals surface area contributed by atoms with E-state index in [9.17, 15) is 24.0 Å². The Hall–Kier alpha value is -5.40. The smallest absolute Gasteiger partial charge is 0.341 e. The van der Waals surface area contributed by atoms with Crippen LogP contribution in [-0.2, 0) is 32.1 Å². The summed E-state index contributed by atoms with van der Waals surface area (Å²) in [5.74, 6) is -2.15. The van der Waals surface area contributed by atoms with Crippen molar-refractivity contribution in [2.24, 2.45) is 0 Å². The molecular formula is C41H34Cl2N4O6S2. The Kier molecular flexibility index (Phi) is 12.7. The number of hydrogen-bond acceptors (Lipinski definition) is 8. The monoisotopic (exact) mass is 812 g/mol. The van der Waals surface area contributed by atoms with Crippen molar-refractivity contribution in [1.82, 2.24) is 10.2 Å². The highest BCUT2D eigenvalue weighted by molar-refractivity contribution is 8.00. The molecule has 0 aliphatic carbocycles. The van der Waals surface area contributed by atoms with Crippen molar-refractivity contribution in [3.63, 3.8) is 0 Å². The van der Waals surface area contributed by atoms with Gasteiger partial charge in [0.05, 0.1) is 29.3 Å². The van der Waals surface area contributed by atoms with E-state index in [1.165, 1.54) is 43.2 Å². The van der Waals surface area contributed by atoms with Crippen LogP contribution in [0.5, 0.6) is 0 Å². The van der Waals surface area contributed by atoms with Crippen LogP contribution in [0, 0.1) is 0 Å². The molecule has 0 radical (unpaired) electrons. The number of carbonyl (C=O) groups is 5. The number of carbonyl (C=O) groups excluding carboxylic acids is 5. The van der Waals surface area contributed by atoms with Gasteiger partial charge in [0.1, 0.15) is 15.9 Å². The second-order valence-electron chi connectivity index (χ2n) is 12.3. The van der Waals surface area contributed by atoms with E-state index in [2.05, 4.69) is 16.0 Å². The first-order chi connectivity index (χ1) is 26.5. The molecule has 1 atom stereocenters. The number of rotatable bonds is 11. The lowest BCUT2D eigenvalue weighted by molar-refractivity contribution is -0.129. The molecule has 0 fully saturated rings. The summed E-state index contributed by atoms with van der Waals surface area (Å²) < 4.78 is 5.10. The highest BCUT2D eigenvalue weighted by Gasteiger charge is 2.32. The molecule has 280 valence electrons. The van der Waals surface area contributed by atoms with Crippen molar-refractivity contribution in [2.75, 3.05) is 24.3 Å². The minimum absolute atomic E-state index is 0.0714. The van der Waals surface area contributed by atoms with Gasteiger partial charge in [0.25, 0.3) is 11.8 Å². The van der Waals surface area contributed by atoms with Crippen LogP contribution in [0.1, 0.15) is 54.5 Å². The predicted octanol–water partition coefficient (Wildman–Crippen LogP) is 8.63. The molecule has 1 unspecified atom stereocenters. The third kappa shape index (κ3) is 9.46. The summed E-state index contributed by atoms with van der Waals surface area (Å²) in [7, 11) is 1.29. The van der Waals surface area contributed by atoms with E-state index in [0.29, 0.717) is 57.3 Å². The fraction of sp³-hybridized carbons (Fsp3) is 0.146. The molecule has 3 N–H and O–H groups in total. The van der Waals surface area contributed by atoms with Gasteiger partial charge in [0, 0.05) is 34.5 Å². The first kappa shape index (κ1) is 39.3. The van der Waals surface area contributed by atoms with Gasteiger partial charge in [0.15, 0.2) is 0 Å². The maximum atomic E-state index is 14.2. The van der Waals surface area contributed by atoms with E-state index in [0.717, 1.165) is 10.4 Å². The summed E-state index contributed by atoms with van der Waals surface area (Å²) in [6.45, 7) is 2.29. The van der Waals surface area contributed by atoms with E-state index in [1.807, 2.05) is 36.4 Å². The van der Waals surface area contributed by atoms with Gasteiger partial charge < -0.3 is 25.6 Å². The van der Waals surface area contributed by atoms with Gasteiger partial charge in [-0.15, -0.1) is 23.1 Å². The molecule has 1 aliphatic heterocycles. The minimum Gasteiger partial charge on any atom is -0.465 e. The van der Waals surface area contributed by atoms with Gasteiger partial charge in [0.2, 0.25) is 11.8 Å². The average molecular weight is 814 g/mol. The van der Waals surface area contributed by atoms with Gasteiger partial charge >= 0.3 is 5.97 Å². The second-order valence-corrected chi connectivity index (χ2v) is 15.4. The van der Waals surface area contributed by atoms with Crippen molar-refractivity contribution in [3.8, 4) is 0 Å². The highest BCUT2D eigenvalue weighted by atomic mass is 35.5. The van der Waals surface area contributed by atoms with Crippen molar-refractivity contribution < 1.29 is 28.7 Å². The van der Waals surface area contributed by atoms with Crippen molar-refractivity contribution >= 4 is 92.7 Å². The quantitative estimate of drug-likeness (QED) is 0.0691. The van der Waals surface area contributed by atoms with E-state index in [4.69, 9.17) is 27.9 Å². The molecular weight excluding hydrogens is 780 g/mol. The van der Waals surface area contributed by atoms with Gasteiger partial charge in [-0.25, -0.2) is 4.79 Å². The van der Waals surface area contributed by atoms with Gasteiger partial charge in [-0.05, 0) is 65.6 Å².